The first-order valence-corrected chi connectivity index (χ1v) is 6.08. The third-order valence-corrected chi connectivity index (χ3v) is 2.97. The minimum Gasteiger partial charge on any atom is -0.493 e. The normalized spacial score (nSPS) is 10.0. The Morgan fingerprint density at radius 1 is 1.26 bits per heavy atom. The minimum atomic E-state index is -0.322. The van der Waals surface area contributed by atoms with Gasteiger partial charge in [0.25, 0.3) is 5.91 Å². The van der Waals surface area contributed by atoms with Gasteiger partial charge >= 0.3 is 0 Å². The average molecular weight is 280 g/mol. The van der Waals surface area contributed by atoms with E-state index in [1.54, 1.807) is 18.2 Å². The van der Waals surface area contributed by atoms with Gasteiger partial charge < -0.3 is 15.2 Å². The van der Waals surface area contributed by atoms with Gasteiger partial charge in [-0.15, -0.1) is 10.2 Å². The summed E-state index contributed by atoms with van der Waals surface area (Å²) in [5.74, 6) is 0.711. The van der Waals surface area contributed by atoms with Crippen molar-refractivity contribution in [3.63, 3.8) is 0 Å². The zero-order valence-electron chi connectivity index (χ0n) is 10.3. The molecule has 0 saturated carbocycles. The predicted molar refractivity (Wildman–Crippen MR) is 71.8 cm³/mol. The van der Waals surface area contributed by atoms with Crippen LogP contribution in [0.2, 0.25) is 0 Å². The summed E-state index contributed by atoms with van der Waals surface area (Å²) in [5.41, 5.74) is 5.86. The van der Waals surface area contributed by atoms with E-state index < -0.39 is 0 Å². The van der Waals surface area contributed by atoms with Gasteiger partial charge in [0.1, 0.15) is 0 Å². The van der Waals surface area contributed by atoms with E-state index >= 15 is 0 Å². The fraction of sp³-hybridized carbons (Fsp3) is 0.182. The van der Waals surface area contributed by atoms with Gasteiger partial charge in [0.15, 0.2) is 11.5 Å². The van der Waals surface area contributed by atoms with Crippen molar-refractivity contribution in [2.24, 2.45) is 0 Å². The van der Waals surface area contributed by atoms with Crippen LogP contribution >= 0.6 is 11.3 Å². The van der Waals surface area contributed by atoms with E-state index in [1.807, 2.05) is 0 Å². The monoisotopic (exact) mass is 280 g/mol. The van der Waals surface area contributed by atoms with E-state index in [1.165, 1.54) is 14.2 Å². The van der Waals surface area contributed by atoms with Crippen LogP contribution in [-0.4, -0.2) is 30.3 Å². The summed E-state index contributed by atoms with van der Waals surface area (Å²) >= 11 is 1.10. The summed E-state index contributed by atoms with van der Waals surface area (Å²) in [4.78, 5) is 12.0. The van der Waals surface area contributed by atoms with Crippen LogP contribution in [0.1, 0.15) is 10.4 Å². The van der Waals surface area contributed by atoms with Crippen molar-refractivity contribution < 1.29 is 14.3 Å². The van der Waals surface area contributed by atoms with Gasteiger partial charge in [-0.2, -0.15) is 0 Å². The molecule has 3 N–H and O–H groups in total. The molecule has 7 nitrogen and oxygen atoms in total. The van der Waals surface area contributed by atoms with Gasteiger partial charge in [0.05, 0.1) is 14.2 Å². The molecule has 19 heavy (non-hydrogen) atoms. The quantitative estimate of drug-likeness (QED) is 0.878. The third kappa shape index (κ3) is 2.91. The molecule has 0 bridgehead atoms. The molecule has 0 unspecified atom stereocenters. The molecule has 8 heteroatoms. The van der Waals surface area contributed by atoms with Gasteiger partial charge in [-0.05, 0) is 18.2 Å². The summed E-state index contributed by atoms with van der Waals surface area (Å²) in [6.45, 7) is 0. The fourth-order valence-corrected chi connectivity index (χ4v) is 1.94. The lowest BCUT2D eigenvalue weighted by molar-refractivity contribution is 0.102. The van der Waals surface area contributed by atoms with E-state index in [4.69, 9.17) is 15.2 Å². The predicted octanol–water partition coefficient (Wildman–Crippen LogP) is 1.39. The smallest absolute Gasteiger partial charge is 0.257 e. The molecule has 1 aromatic heterocycles. The van der Waals surface area contributed by atoms with Crippen molar-refractivity contribution in [3.8, 4) is 11.5 Å². The largest absolute Gasteiger partial charge is 0.493 e. The van der Waals surface area contributed by atoms with Crippen molar-refractivity contribution >= 4 is 27.5 Å². The summed E-state index contributed by atoms with van der Waals surface area (Å²) in [7, 11) is 3.03. The van der Waals surface area contributed by atoms with Crippen LogP contribution in [0.5, 0.6) is 11.5 Å². The molecule has 0 spiro atoms. The molecule has 0 fully saturated rings. The second-order valence-corrected chi connectivity index (χ2v) is 4.48. The Morgan fingerprint density at radius 3 is 2.58 bits per heavy atom. The minimum absolute atomic E-state index is 0.294. The van der Waals surface area contributed by atoms with Gasteiger partial charge in [-0.3, -0.25) is 10.1 Å². The van der Waals surface area contributed by atoms with Crippen LogP contribution in [0.25, 0.3) is 0 Å². The highest BCUT2D eigenvalue weighted by Gasteiger charge is 2.12. The molecule has 0 aliphatic heterocycles. The van der Waals surface area contributed by atoms with Crippen molar-refractivity contribution in [2.45, 2.75) is 0 Å². The van der Waals surface area contributed by atoms with Gasteiger partial charge in [-0.1, -0.05) is 11.3 Å². The van der Waals surface area contributed by atoms with Crippen LogP contribution in [0.3, 0.4) is 0 Å². The molecule has 1 heterocycles. The molecule has 2 rings (SSSR count). The summed E-state index contributed by atoms with van der Waals surface area (Å²) in [6.07, 6.45) is 0. The van der Waals surface area contributed by atoms with E-state index in [0.29, 0.717) is 27.3 Å². The zero-order chi connectivity index (χ0) is 13.8. The van der Waals surface area contributed by atoms with Crippen LogP contribution in [0.15, 0.2) is 18.2 Å². The Balaban J connectivity index is 2.19. The Morgan fingerprint density at radius 2 is 2.00 bits per heavy atom. The molecule has 0 aliphatic rings. The lowest BCUT2D eigenvalue weighted by Crippen LogP contribution is -2.11. The molecule has 0 aliphatic carbocycles. The first-order valence-electron chi connectivity index (χ1n) is 5.26. The number of anilines is 2. The molecular formula is C11H12N4O3S. The van der Waals surface area contributed by atoms with Crippen LogP contribution < -0.4 is 20.5 Å². The topological polar surface area (TPSA) is 99.4 Å². The number of hydrogen-bond donors (Lipinski definition) is 2. The maximum atomic E-state index is 12.0. The molecule has 0 saturated heterocycles. The maximum absolute atomic E-state index is 12.0. The molecular weight excluding hydrogens is 268 g/mol. The van der Waals surface area contributed by atoms with Crippen LogP contribution in [0, 0.1) is 0 Å². The Bertz CT molecular complexity index is 599. The first-order chi connectivity index (χ1) is 9.13. The van der Waals surface area contributed by atoms with Crippen LogP contribution in [0.4, 0.5) is 10.3 Å². The maximum Gasteiger partial charge on any atom is 0.257 e. The summed E-state index contributed by atoms with van der Waals surface area (Å²) < 4.78 is 10.2. The van der Waals surface area contributed by atoms with E-state index in [-0.39, 0.29) is 5.91 Å². The average Bonchev–Trinajstić information content (AvgIpc) is 2.83. The number of carbonyl (C=O) groups excluding carboxylic acids is 1. The molecule has 0 atom stereocenters. The lowest BCUT2D eigenvalue weighted by atomic mass is 10.2. The standard InChI is InChI=1S/C11H12N4O3S/c1-17-7-4-3-6(5-8(7)18-2)9(16)13-11-15-14-10(12)19-11/h3-5H,1-2H3,(H2,12,14)(H,13,15,16). The zero-order valence-corrected chi connectivity index (χ0v) is 11.2. The Hall–Kier alpha value is -2.35. The van der Waals surface area contributed by atoms with Gasteiger partial charge in [0.2, 0.25) is 10.3 Å². The van der Waals surface area contributed by atoms with Crippen LogP contribution in [-0.2, 0) is 0 Å². The first kappa shape index (κ1) is 13.1. The second kappa shape index (κ2) is 5.53. The highest BCUT2D eigenvalue weighted by molar-refractivity contribution is 7.19. The van der Waals surface area contributed by atoms with Crippen molar-refractivity contribution in [3.05, 3.63) is 23.8 Å². The summed E-state index contributed by atoms with van der Waals surface area (Å²) in [5, 5.41) is 10.6. The van der Waals surface area contributed by atoms with Gasteiger partial charge in [0, 0.05) is 5.56 Å². The Kier molecular flexibility index (Phi) is 3.81. The number of nitrogens with two attached hydrogens (primary N) is 1. The third-order valence-electron chi connectivity index (χ3n) is 2.31. The van der Waals surface area contributed by atoms with E-state index in [2.05, 4.69) is 15.5 Å². The molecule has 1 amide bonds. The lowest BCUT2D eigenvalue weighted by Gasteiger charge is -2.08. The van der Waals surface area contributed by atoms with Gasteiger partial charge in [-0.25, -0.2) is 0 Å². The van der Waals surface area contributed by atoms with Crippen molar-refractivity contribution in [1.82, 2.24) is 10.2 Å². The second-order valence-electron chi connectivity index (χ2n) is 3.47. The molecule has 2 aromatic rings. The number of rotatable bonds is 4. The number of carbonyl (C=O) groups is 1. The number of benzene rings is 1. The fourth-order valence-electron chi connectivity index (χ4n) is 1.43. The Labute approximate surface area is 113 Å². The highest BCUT2D eigenvalue weighted by Crippen LogP contribution is 2.28. The number of ether oxygens (including phenoxy) is 2. The number of nitrogens with one attached hydrogen (secondary N) is 1. The number of nitrogens with zero attached hydrogens (tertiary/aromatic N) is 2. The molecule has 0 radical (unpaired) electrons. The van der Waals surface area contributed by atoms with E-state index in [0.717, 1.165) is 11.3 Å². The number of hydrogen-bond acceptors (Lipinski definition) is 7. The SMILES string of the molecule is COc1ccc(C(=O)Nc2nnc(N)s2)cc1OC. The highest BCUT2D eigenvalue weighted by atomic mass is 32.1. The van der Waals surface area contributed by atoms with Crippen molar-refractivity contribution in [1.29, 1.82) is 0 Å². The van der Waals surface area contributed by atoms with Crippen molar-refractivity contribution in [2.75, 3.05) is 25.3 Å². The molecule has 1 aromatic carbocycles. The molecule has 100 valence electrons. The number of aromatic nitrogens is 2. The number of amides is 1. The summed E-state index contributed by atoms with van der Waals surface area (Å²) in [6, 6.07) is 4.86. The number of methoxy groups -OCH3 is 2. The van der Waals surface area contributed by atoms with E-state index in [9.17, 15) is 4.79 Å². The number of nitrogen functional groups attached to an aromatic ring is 1.